The Balaban J connectivity index is 1.07. The first-order valence-electron chi connectivity index (χ1n) is 17.4. The Hall–Kier alpha value is -6.23. The fourth-order valence-electron chi connectivity index (χ4n) is 8.21. The van der Waals surface area contributed by atoms with Gasteiger partial charge in [0, 0.05) is 49.0 Å². The third-order valence-electron chi connectivity index (χ3n) is 10.6. The van der Waals surface area contributed by atoms with Crippen molar-refractivity contribution in [1.82, 2.24) is 15.0 Å². The zero-order valence-corrected chi connectivity index (χ0v) is 28.4. The van der Waals surface area contributed by atoms with Gasteiger partial charge in [-0.2, -0.15) is 0 Å². The van der Waals surface area contributed by atoms with Crippen molar-refractivity contribution < 1.29 is 0 Å². The van der Waals surface area contributed by atoms with Crippen LogP contribution in [0.2, 0.25) is 0 Å². The van der Waals surface area contributed by atoms with Gasteiger partial charge in [-0.25, -0.2) is 15.0 Å². The molecule has 0 N–H and O–H groups in total. The molecule has 0 aliphatic heterocycles. The van der Waals surface area contributed by atoms with Gasteiger partial charge in [0.25, 0.3) is 0 Å². The van der Waals surface area contributed by atoms with E-state index in [0.717, 1.165) is 57.1 Å². The molecule has 0 spiro atoms. The highest BCUT2D eigenvalue weighted by molar-refractivity contribution is 7.26. The lowest BCUT2D eigenvalue weighted by molar-refractivity contribution is 0.892. The number of hydrogen-bond acceptors (Lipinski definition) is 4. The van der Waals surface area contributed by atoms with Gasteiger partial charge in [0.1, 0.15) is 0 Å². The van der Waals surface area contributed by atoms with Gasteiger partial charge in [0.15, 0.2) is 5.82 Å². The van der Waals surface area contributed by atoms with Gasteiger partial charge in [-0.1, -0.05) is 140 Å². The van der Waals surface area contributed by atoms with Crippen LogP contribution in [0.5, 0.6) is 0 Å². The van der Waals surface area contributed by atoms with E-state index >= 15 is 0 Å². The summed E-state index contributed by atoms with van der Waals surface area (Å²) in [5, 5.41) is 3.76. The van der Waals surface area contributed by atoms with E-state index in [-0.39, 0.29) is 5.92 Å². The number of fused-ring (bicyclic) bond motifs is 5. The third kappa shape index (κ3) is 4.47. The predicted molar refractivity (Wildman–Crippen MR) is 213 cm³/mol. The maximum absolute atomic E-state index is 5.23. The molecule has 0 saturated carbocycles. The first-order valence-corrected chi connectivity index (χ1v) is 18.3. The Labute approximate surface area is 299 Å². The van der Waals surface area contributed by atoms with Crippen molar-refractivity contribution in [2.45, 2.75) is 12.3 Å². The lowest BCUT2D eigenvalue weighted by Crippen LogP contribution is -2.18. The van der Waals surface area contributed by atoms with Gasteiger partial charge < -0.3 is 0 Å². The quantitative estimate of drug-likeness (QED) is 0.187. The first-order chi connectivity index (χ1) is 25.3. The second-order valence-corrected chi connectivity index (χ2v) is 14.5. The van der Waals surface area contributed by atoms with Crippen molar-refractivity contribution in [2.75, 3.05) is 0 Å². The maximum atomic E-state index is 5.23. The van der Waals surface area contributed by atoms with E-state index in [9.17, 15) is 0 Å². The number of hydrogen-bond donors (Lipinski definition) is 0. The standard InChI is InChI=1S/C47H29N3S/c1-2-9-33(10-3-1)47-49-39(27-40(50-47)34-25-23-31-20-19-29-11-8-12-30-24-26-35(34)43(31)42(29)30)28-17-21-32(22-18-28)45-46-44(36-13-4-6-15-38(36)48-45)37-14-5-7-16-41(37)51-46/h1-19,21-27,42H,20H2. The minimum Gasteiger partial charge on any atom is -0.246 e. The zero-order chi connectivity index (χ0) is 33.5. The van der Waals surface area contributed by atoms with E-state index in [4.69, 9.17) is 15.0 Å². The number of aromatic nitrogens is 3. The zero-order valence-electron chi connectivity index (χ0n) is 27.5. The summed E-state index contributed by atoms with van der Waals surface area (Å²) in [7, 11) is 0. The van der Waals surface area contributed by atoms with Crippen molar-refractivity contribution in [1.29, 1.82) is 0 Å². The normalized spacial score (nSPS) is 15.6. The summed E-state index contributed by atoms with van der Waals surface area (Å²) >= 11 is 1.82. The summed E-state index contributed by atoms with van der Waals surface area (Å²) in [6.45, 7) is 0. The van der Waals surface area contributed by atoms with Crippen LogP contribution in [0, 0.1) is 0 Å². The van der Waals surface area contributed by atoms with Crippen LogP contribution in [0.25, 0.3) is 82.3 Å². The van der Waals surface area contributed by atoms with E-state index in [1.54, 1.807) is 0 Å². The minimum absolute atomic E-state index is 0.289. The van der Waals surface area contributed by atoms with Crippen LogP contribution < -0.4 is 0 Å². The number of para-hydroxylation sites is 1. The number of benzene rings is 5. The molecule has 0 saturated heterocycles. The van der Waals surface area contributed by atoms with Gasteiger partial charge in [-0.3, -0.25) is 0 Å². The second-order valence-electron chi connectivity index (χ2n) is 13.5. The van der Waals surface area contributed by atoms with Gasteiger partial charge in [-0.15, -0.1) is 11.3 Å². The molecule has 3 nitrogen and oxygen atoms in total. The van der Waals surface area contributed by atoms with Gasteiger partial charge in [0.05, 0.1) is 27.3 Å². The van der Waals surface area contributed by atoms with E-state index in [0.29, 0.717) is 0 Å². The highest BCUT2D eigenvalue weighted by Crippen LogP contribution is 2.48. The molecule has 3 aliphatic carbocycles. The van der Waals surface area contributed by atoms with Crippen LogP contribution in [0.3, 0.4) is 0 Å². The van der Waals surface area contributed by atoms with Crippen molar-refractivity contribution in [3.63, 3.8) is 0 Å². The fourth-order valence-corrected chi connectivity index (χ4v) is 9.44. The summed E-state index contributed by atoms with van der Waals surface area (Å²) in [6, 6.07) is 43.0. The van der Waals surface area contributed by atoms with Crippen LogP contribution in [-0.2, 0) is 6.42 Å². The Morgan fingerprint density at radius 3 is 2.29 bits per heavy atom. The van der Waals surface area contributed by atoms with Crippen molar-refractivity contribution in [3.05, 3.63) is 180 Å². The molecule has 8 aromatic rings. The number of thiophene rings is 1. The number of pyridine rings is 1. The van der Waals surface area contributed by atoms with Crippen LogP contribution in [-0.4, -0.2) is 15.0 Å². The van der Waals surface area contributed by atoms with Crippen LogP contribution >= 0.6 is 11.3 Å². The van der Waals surface area contributed by atoms with Crippen molar-refractivity contribution >= 4 is 48.5 Å². The largest absolute Gasteiger partial charge is 0.246 e. The first kappa shape index (κ1) is 28.6. The Morgan fingerprint density at radius 2 is 1.39 bits per heavy atom. The second kappa shape index (κ2) is 11.1. The summed E-state index contributed by atoms with van der Waals surface area (Å²) in [4.78, 5) is 15.6. The Bertz CT molecular complexity index is 2870. The third-order valence-corrected chi connectivity index (χ3v) is 11.8. The SMILES string of the molecule is C1=CC2=CCc3ccc(-c4cc(-c5ccc(-c6nc7ccccc7c7c6sc6ccccc67)cc5)nc(-c5ccccc5)n4)c4c3C2C(=C1)C=C4. The molecule has 1 unspecified atom stereocenters. The Morgan fingerprint density at radius 1 is 0.608 bits per heavy atom. The monoisotopic (exact) mass is 667 g/mol. The molecule has 51 heavy (non-hydrogen) atoms. The summed E-state index contributed by atoms with van der Waals surface area (Å²) < 4.78 is 2.50. The van der Waals surface area contributed by atoms with Gasteiger partial charge in [0.2, 0.25) is 0 Å². The van der Waals surface area contributed by atoms with E-state index in [1.807, 2.05) is 17.4 Å². The molecular weight excluding hydrogens is 639 g/mol. The number of rotatable bonds is 4. The highest BCUT2D eigenvalue weighted by Gasteiger charge is 2.31. The molecule has 3 heterocycles. The number of allylic oxidation sites excluding steroid dienone is 7. The lowest BCUT2D eigenvalue weighted by Gasteiger charge is -2.34. The molecule has 238 valence electrons. The number of nitrogens with zero attached hydrogens (tertiary/aromatic N) is 3. The maximum Gasteiger partial charge on any atom is 0.160 e. The topological polar surface area (TPSA) is 38.7 Å². The van der Waals surface area contributed by atoms with Gasteiger partial charge in [-0.05, 0) is 52.5 Å². The average Bonchev–Trinajstić information content (AvgIpc) is 3.60. The van der Waals surface area contributed by atoms with E-state index in [1.165, 1.54) is 53.4 Å². The van der Waals surface area contributed by atoms with Crippen molar-refractivity contribution in [2.24, 2.45) is 0 Å². The van der Waals surface area contributed by atoms with E-state index in [2.05, 4.69) is 152 Å². The summed E-state index contributed by atoms with van der Waals surface area (Å²) in [5.41, 5.74) is 15.0. The van der Waals surface area contributed by atoms with Gasteiger partial charge >= 0.3 is 0 Å². The molecule has 3 aromatic heterocycles. The fraction of sp³-hybridized carbons (Fsp3) is 0.0426. The van der Waals surface area contributed by atoms with E-state index < -0.39 is 0 Å². The molecule has 0 radical (unpaired) electrons. The average molecular weight is 668 g/mol. The lowest BCUT2D eigenvalue weighted by atomic mass is 9.70. The molecule has 5 aromatic carbocycles. The molecule has 11 rings (SSSR count). The minimum atomic E-state index is 0.289. The summed E-state index contributed by atoms with van der Waals surface area (Å²) in [5.74, 6) is 1.01. The summed E-state index contributed by atoms with van der Waals surface area (Å²) in [6.07, 6.45) is 14.6. The molecule has 4 heteroatoms. The van der Waals surface area contributed by atoms with Crippen LogP contribution in [0.4, 0.5) is 0 Å². The van der Waals surface area contributed by atoms with Crippen LogP contribution in [0.15, 0.2) is 163 Å². The highest BCUT2D eigenvalue weighted by atomic mass is 32.1. The molecule has 0 fully saturated rings. The Kier molecular flexibility index (Phi) is 6.25. The molecule has 3 aliphatic rings. The molecule has 0 amide bonds. The molecule has 1 atom stereocenters. The molecular formula is C47H29N3S. The van der Waals surface area contributed by atoms with Crippen LogP contribution in [0.1, 0.15) is 22.6 Å². The van der Waals surface area contributed by atoms with Crippen molar-refractivity contribution in [3.8, 4) is 45.2 Å². The predicted octanol–water partition coefficient (Wildman–Crippen LogP) is 12.1. The molecule has 0 bridgehead atoms. The smallest absolute Gasteiger partial charge is 0.160 e.